The quantitative estimate of drug-likeness (QED) is 0.626. The highest BCUT2D eigenvalue weighted by atomic mass is 16.6. The van der Waals surface area contributed by atoms with Crippen LogP contribution >= 0.6 is 0 Å². The Balaban J connectivity index is 1.60. The number of rotatable bonds is 5. The van der Waals surface area contributed by atoms with Gasteiger partial charge in [0.05, 0.1) is 31.2 Å². The van der Waals surface area contributed by atoms with Gasteiger partial charge in [-0.1, -0.05) is 12.8 Å². The van der Waals surface area contributed by atoms with Gasteiger partial charge in [0.25, 0.3) is 11.6 Å². The third-order valence-corrected chi connectivity index (χ3v) is 5.57. The number of benzene rings is 1. The molecule has 136 valence electrons. The summed E-state index contributed by atoms with van der Waals surface area (Å²) in [7, 11) is 1.45. The fraction of sp³-hybridized carbons (Fsp3) is 0.611. The van der Waals surface area contributed by atoms with Crippen LogP contribution in [0.15, 0.2) is 18.2 Å². The van der Waals surface area contributed by atoms with E-state index < -0.39 is 4.92 Å². The van der Waals surface area contributed by atoms with E-state index in [4.69, 9.17) is 4.74 Å². The number of nitrogens with one attached hydrogen (secondary N) is 2. The highest BCUT2D eigenvalue weighted by molar-refractivity contribution is 5.93. The average Bonchev–Trinajstić information content (AvgIpc) is 2.61. The average molecular weight is 348 g/mol. The monoisotopic (exact) mass is 348 g/mol. The van der Waals surface area contributed by atoms with Crippen molar-refractivity contribution in [3.63, 3.8) is 0 Å². The number of hydrogen-bond donors (Lipinski definition) is 2. The molecule has 1 heterocycles. The summed E-state index contributed by atoms with van der Waals surface area (Å²) in [5, 5.41) is 13.9. The van der Waals surface area contributed by atoms with Gasteiger partial charge in [0.1, 0.15) is 11.4 Å². The van der Waals surface area contributed by atoms with E-state index in [9.17, 15) is 14.9 Å². The number of nitro benzene ring substituents is 1. The zero-order valence-corrected chi connectivity index (χ0v) is 14.6. The second kappa shape index (κ2) is 7.82. The summed E-state index contributed by atoms with van der Waals surface area (Å²) in [5.41, 5.74) is 0.0800. The van der Waals surface area contributed by atoms with Gasteiger partial charge >= 0.3 is 0 Å². The minimum absolute atomic E-state index is 0.145. The summed E-state index contributed by atoms with van der Waals surface area (Å²) in [4.78, 5) is 24.4. The second-order valence-corrected chi connectivity index (χ2v) is 7.16. The van der Waals surface area contributed by atoms with Crippen LogP contribution in [0.5, 0.6) is 5.75 Å². The number of nitro groups is 1. The molecule has 3 rings (SSSR count). The number of carbonyl (C=O) groups excluding carboxylic acids is 1. The lowest BCUT2D eigenvalue weighted by molar-refractivity contribution is -0.902. The van der Waals surface area contributed by atoms with Gasteiger partial charge in [0.2, 0.25) is 0 Å². The molecule has 2 fully saturated rings. The van der Waals surface area contributed by atoms with Crippen LogP contribution in [-0.2, 0) is 4.79 Å². The maximum absolute atomic E-state index is 12.4. The molecule has 2 aliphatic rings. The first-order valence-corrected chi connectivity index (χ1v) is 9.02. The van der Waals surface area contributed by atoms with E-state index >= 15 is 0 Å². The molecule has 1 aromatic rings. The van der Waals surface area contributed by atoms with Gasteiger partial charge in [-0.05, 0) is 37.3 Å². The molecule has 1 unspecified atom stereocenters. The van der Waals surface area contributed by atoms with Gasteiger partial charge in [0.15, 0.2) is 6.54 Å². The number of fused-ring (bicyclic) bond motifs is 1. The van der Waals surface area contributed by atoms with Crippen molar-refractivity contribution in [2.75, 3.05) is 32.1 Å². The van der Waals surface area contributed by atoms with E-state index in [1.165, 1.54) is 56.2 Å². The summed E-state index contributed by atoms with van der Waals surface area (Å²) < 4.78 is 5.02. The normalized spacial score (nSPS) is 25.7. The largest absolute Gasteiger partial charge is 0.496 e. The molecule has 2 N–H and O–H groups in total. The highest BCUT2D eigenvalue weighted by Crippen LogP contribution is 2.32. The topological polar surface area (TPSA) is 85.9 Å². The Kier molecular flexibility index (Phi) is 5.53. The lowest BCUT2D eigenvalue weighted by Gasteiger charge is -2.38. The number of ether oxygens (including phenoxy) is 1. The predicted octanol–water partition coefficient (Wildman–Crippen LogP) is 1.64. The molecule has 1 amide bonds. The Morgan fingerprint density at radius 3 is 2.80 bits per heavy atom. The minimum atomic E-state index is -0.501. The van der Waals surface area contributed by atoms with Crippen LogP contribution in [0.25, 0.3) is 0 Å². The molecule has 0 bridgehead atoms. The van der Waals surface area contributed by atoms with Crippen molar-refractivity contribution < 1.29 is 19.4 Å². The smallest absolute Gasteiger partial charge is 0.296 e. The molecule has 1 saturated carbocycles. The number of likely N-dealkylation sites (tertiary alicyclic amines) is 1. The van der Waals surface area contributed by atoms with Crippen LogP contribution in [0.1, 0.15) is 32.1 Å². The predicted molar refractivity (Wildman–Crippen MR) is 93.9 cm³/mol. The number of amides is 1. The minimum Gasteiger partial charge on any atom is -0.496 e. The summed E-state index contributed by atoms with van der Waals surface area (Å²) in [6, 6.07) is 4.47. The summed E-state index contributed by atoms with van der Waals surface area (Å²) in [5.74, 6) is 1.80. The first-order chi connectivity index (χ1) is 12.1. The van der Waals surface area contributed by atoms with E-state index in [0.717, 1.165) is 24.9 Å². The molecule has 1 aromatic carbocycles. The Bertz CT molecular complexity index is 649. The number of methoxy groups -OCH3 is 1. The summed E-state index contributed by atoms with van der Waals surface area (Å²) in [6.07, 6.45) is 6.45. The van der Waals surface area contributed by atoms with E-state index in [1.54, 1.807) is 6.07 Å². The molecule has 25 heavy (non-hydrogen) atoms. The Hall–Kier alpha value is -2.15. The van der Waals surface area contributed by atoms with Gasteiger partial charge in [-0.2, -0.15) is 0 Å². The maximum Gasteiger partial charge on any atom is 0.296 e. The molecular formula is C18H26N3O4+. The third kappa shape index (κ3) is 4.28. The van der Waals surface area contributed by atoms with Gasteiger partial charge in [0, 0.05) is 5.92 Å². The Morgan fingerprint density at radius 2 is 2.08 bits per heavy atom. The van der Waals surface area contributed by atoms with Crippen LogP contribution in [0.2, 0.25) is 0 Å². The first kappa shape index (κ1) is 17.7. The summed E-state index contributed by atoms with van der Waals surface area (Å²) in [6.45, 7) is 2.43. The van der Waals surface area contributed by atoms with Crippen molar-refractivity contribution >= 4 is 17.3 Å². The SMILES string of the molecule is COc1ccc(NC(=O)C[NH+]2CC[C@H]3CCCC[C@@H]3C2)c([N+](=O)[O-])c1. The van der Waals surface area contributed by atoms with Crippen LogP contribution < -0.4 is 15.0 Å². The Labute approximate surface area is 147 Å². The van der Waals surface area contributed by atoms with E-state index in [1.807, 2.05) is 0 Å². The summed E-state index contributed by atoms with van der Waals surface area (Å²) >= 11 is 0. The number of quaternary nitrogens is 1. The number of hydrogen-bond acceptors (Lipinski definition) is 4. The molecular weight excluding hydrogens is 322 g/mol. The highest BCUT2D eigenvalue weighted by Gasteiger charge is 2.34. The van der Waals surface area contributed by atoms with Crippen molar-refractivity contribution in [1.82, 2.24) is 0 Å². The van der Waals surface area contributed by atoms with Crippen LogP contribution in [0.3, 0.4) is 0 Å². The maximum atomic E-state index is 12.4. The second-order valence-electron chi connectivity index (χ2n) is 7.16. The lowest BCUT2D eigenvalue weighted by atomic mass is 9.75. The lowest BCUT2D eigenvalue weighted by Crippen LogP contribution is -3.15. The number of piperidine rings is 1. The zero-order valence-electron chi connectivity index (χ0n) is 14.6. The number of nitrogens with zero attached hydrogens (tertiary/aromatic N) is 1. The molecule has 0 spiro atoms. The van der Waals surface area contributed by atoms with E-state index in [0.29, 0.717) is 12.3 Å². The van der Waals surface area contributed by atoms with E-state index in [-0.39, 0.29) is 17.3 Å². The number of anilines is 1. The third-order valence-electron chi connectivity index (χ3n) is 5.57. The molecule has 1 saturated heterocycles. The standard InChI is InChI=1S/C18H25N3O4/c1-25-15-6-7-16(17(10-15)21(23)24)19-18(22)12-20-9-8-13-4-2-3-5-14(13)11-20/h6-7,10,13-14H,2-5,8-9,11-12H2,1H3,(H,19,22)/p+1/t13-,14-/m1/s1. The van der Waals surface area contributed by atoms with Crippen molar-refractivity contribution in [1.29, 1.82) is 0 Å². The molecule has 7 nitrogen and oxygen atoms in total. The van der Waals surface area contributed by atoms with Crippen molar-refractivity contribution in [2.45, 2.75) is 32.1 Å². The van der Waals surface area contributed by atoms with Gasteiger partial charge in [-0.25, -0.2) is 0 Å². The van der Waals surface area contributed by atoms with Gasteiger partial charge < -0.3 is 15.0 Å². The van der Waals surface area contributed by atoms with Gasteiger partial charge in [-0.3, -0.25) is 14.9 Å². The van der Waals surface area contributed by atoms with Crippen LogP contribution in [0.4, 0.5) is 11.4 Å². The molecule has 1 aliphatic carbocycles. The molecule has 0 radical (unpaired) electrons. The van der Waals surface area contributed by atoms with E-state index in [2.05, 4.69) is 5.32 Å². The Morgan fingerprint density at radius 1 is 1.32 bits per heavy atom. The van der Waals surface area contributed by atoms with Crippen molar-refractivity contribution in [3.8, 4) is 5.75 Å². The molecule has 0 aromatic heterocycles. The molecule has 3 atom stereocenters. The van der Waals surface area contributed by atoms with Crippen molar-refractivity contribution in [3.05, 3.63) is 28.3 Å². The van der Waals surface area contributed by atoms with Crippen molar-refractivity contribution in [2.24, 2.45) is 11.8 Å². The van der Waals surface area contributed by atoms with Crippen LogP contribution in [-0.4, -0.2) is 37.6 Å². The molecule has 1 aliphatic heterocycles. The van der Waals surface area contributed by atoms with Crippen LogP contribution in [0, 0.1) is 22.0 Å². The fourth-order valence-corrected chi connectivity index (χ4v) is 4.27. The van der Waals surface area contributed by atoms with Gasteiger partial charge in [-0.15, -0.1) is 0 Å². The number of carbonyl (C=O) groups is 1. The fourth-order valence-electron chi connectivity index (χ4n) is 4.27. The first-order valence-electron chi connectivity index (χ1n) is 9.02. The zero-order chi connectivity index (χ0) is 17.8. The molecule has 7 heteroatoms.